The Bertz CT molecular complexity index is 439. The average molecular weight is 251 g/mol. The average Bonchev–Trinajstić information content (AvgIpc) is 2.34. The van der Waals surface area contributed by atoms with Crippen molar-refractivity contribution < 1.29 is 13.9 Å². The Kier molecular flexibility index (Phi) is 3.97. The number of Topliss-reactive ketones (excluding diaryl/α,β-unsaturated/α-hetero) is 1. The first-order valence-corrected chi connectivity index (χ1v) is 6.22. The summed E-state index contributed by atoms with van der Waals surface area (Å²) >= 11 is 0. The molecule has 1 fully saturated rings. The van der Waals surface area contributed by atoms with Crippen LogP contribution in [0.3, 0.4) is 0 Å². The lowest BCUT2D eigenvalue weighted by atomic mass is 10.1. The van der Waals surface area contributed by atoms with E-state index in [1.54, 1.807) is 12.1 Å². The summed E-state index contributed by atoms with van der Waals surface area (Å²) in [6, 6.07) is 4.40. The maximum Gasteiger partial charge on any atom is 0.165 e. The molecule has 2 rings (SSSR count). The number of rotatable bonds is 3. The minimum Gasteiger partial charge on any atom is -0.487 e. The third-order valence-corrected chi connectivity index (χ3v) is 3.30. The standard InChI is InChI=1S/C14H18FNO2/c1-10(17)11-3-4-14(13(15)9-11)18-12-5-7-16(2)8-6-12/h3-4,9,12H,5-8H2,1-2H3. The van der Waals surface area contributed by atoms with Crippen LogP contribution in [0.5, 0.6) is 5.75 Å². The highest BCUT2D eigenvalue weighted by atomic mass is 19.1. The van der Waals surface area contributed by atoms with Crippen molar-refractivity contribution in [2.45, 2.75) is 25.9 Å². The lowest BCUT2D eigenvalue weighted by molar-refractivity contribution is 0.101. The van der Waals surface area contributed by atoms with E-state index in [-0.39, 0.29) is 17.6 Å². The van der Waals surface area contributed by atoms with Crippen molar-refractivity contribution in [2.75, 3.05) is 20.1 Å². The number of benzene rings is 1. The van der Waals surface area contributed by atoms with Gasteiger partial charge in [-0.2, -0.15) is 0 Å². The molecule has 3 nitrogen and oxygen atoms in total. The summed E-state index contributed by atoms with van der Waals surface area (Å²) in [7, 11) is 2.07. The van der Waals surface area contributed by atoms with Gasteiger partial charge in [-0.3, -0.25) is 4.79 Å². The van der Waals surface area contributed by atoms with Crippen molar-refractivity contribution in [1.82, 2.24) is 4.90 Å². The molecule has 1 aromatic carbocycles. The summed E-state index contributed by atoms with van der Waals surface area (Å²) in [5, 5.41) is 0. The normalized spacial score (nSPS) is 17.7. The Hall–Kier alpha value is -1.42. The van der Waals surface area contributed by atoms with Gasteiger partial charge < -0.3 is 9.64 Å². The van der Waals surface area contributed by atoms with Crippen molar-refractivity contribution in [3.63, 3.8) is 0 Å². The Morgan fingerprint density at radius 2 is 2.06 bits per heavy atom. The summed E-state index contributed by atoms with van der Waals surface area (Å²) in [4.78, 5) is 13.4. The van der Waals surface area contributed by atoms with Crippen LogP contribution in [0.4, 0.5) is 4.39 Å². The third kappa shape index (κ3) is 3.07. The zero-order chi connectivity index (χ0) is 13.1. The molecule has 0 saturated carbocycles. The predicted molar refractivity (Wildman–Crippen MR) is 67.6 cm³/mol. The van der Waals surface area contributed by atoms with Crippen LogP contribution in [0.25, 0.3) is 0 Å². The van der Waals surface area contributed by atoms with Gasteiger partial charge in [-0.05, 0) is 45.0 Å². The number of ketones is 1. The van der Waals surface area contributed by atoms with Crippen LogP contribution < -0.4 is 4.74 Å². The molecule has 0 unspecified atom stereocenters. The van der Waals surface area contributed by atoms with E-state index in [0.717, 1.165) is 25.9 Å². The first-order valence-electron chi connectivity index (χ1n) is 6.22. The topological polar surface area (TPSA) is 29.5 Å². The molecule has 0 spiro atoms. The van der Waals surface area contributed by atoms with Crippen LogP contribution in [0.1, 0.15) is 30.1 Å². The van der Waals surface area contributed by atoms with Crippen LogP contribution in [0, 0.1) is 5.82 Å². The highest BCUT2D eigenvalue weighted by Gasteiger charge is 2.19. The largest absolute Gasteiger partial charge is 0.487 e. The second kappa shape index (κ2) is 5.48. The molecule has 0 bridgehead atoms. The molecule has 0 aliphatic carbocycles. The van der Waals surface area contributed by atoms with Gasteiger partial charge in [0.05, 0.1) is 0 Å². The second-order valence-electron chi connectivity index (χ2n) is 4.82. The van der Waals surface area contributed by atoms with E-state index < -0.39 is 5.82 Å². The van der Waals surface area contributed by atoms with Gasteiger partial charge in [0.1, 0.15) is 6.10 Å². The summed E-state index contributed by atoms with van der Waals surface area (Å²) in [5.41, 5.74) is 0.378. The Balaban J connectivity index is 2.03. The smallest absolute Gasteiger partial charge is 0.165 e. The SMILES string of the molecule is CC(=O)c1ccc(OC2CCN(C)CC2)c(F)c1. The lowest BCUT2D eigenvalue weighted by Crippen LogP contribution is -2.35. The molecule has 98 valence electrons. The molecule has 0 atom stereocenters. The molecular weight excluding hydrogens is 233 g/mol. The molecule has 0 radical (unpaired) electrons. The number of hydrogen-bond acceptors (Lipinski definition) is 3. The molecule has 1 aromatic rings. The van der Waals surface area contributed by atoms with E-state index in [2.05, 4.69) is 11.9 Å². The first-order chi connectivity index (χ1) is 8.56. The summed E-state index contributed by atoms with van der Waals surface area (Å²) in [6.45, 7) is 3.36. The predicted octanol–water partition coefficient (Wildman–Crippen LogP) is 2.50. The fourth-order valence-electron chi connectivity index (χ4n) is 2.10. The molecule has 18 heavy (non-hydrogen) atoms. The number of halogens is 1. The molecule has 1 aliphatic rings. The first kappa shape index (κ1) is 13.0. The summed E-state index contributed by atoms with van der Waals surface area (Å²) in [6.07, 6.45) is 1.88. The lowest BCUT2D eigenvalue weighted by Gasteiger charge is -2.29. The van der Waals surface area contributed by atoms with Crippen LogP contribution in [-0.2, 0) is 0 Å². The van der Waals surface area contributed by atoms with Crippen molar-refractivity contribution in [2.24, 2.45) is 0 Å². The van der Waals surface area contributed by atoms with Gasteiger partial charge in [-0.15, -0.1) is 0 Å². The highest BCUT2D eigenvalue weighted by molar-refractivity contribution is 5.94. The van der Waals surface area contributed by atoms with Gasteiger partial charge in [-0.1, -0.05) is 0 Å². The highest BCUT2D eigenvalue weighted by Crippen LogP contribution is 2.23. The molecule has 1 saturated heterocycles. The van der Waals surface area contributed by atoms with Crippen molar-refractivity contribution in [3.8, 4) is 5.75 Å². The van der Waals surface area contributed by atoms with E-state index in [1.165, 1.54) is 13.0 Å². The Labute approximate surface area is 107 Å². The number of likely N-dealkylation sites (tertiary alicyclic amines) is 1. The van der Waals surface area contributed by atoms with Crippen molar-refractivity contribution in [3.05, 3.63) is 29.6 Å². The van der Waals surface area contributed by atoms with E-state index >= 15 is 0 Å². The van der Waals surface area contributed by atoms with E-state index in [9.17, 15) is 9.18 Å². The Morgan fingerprint density at radius 3 is 2.61 bits per heavy atom. The molecule has 0 N–H and O–H groups in total. The fourth-order valence-corrected chi connectivity index (χ4v) is 2.10. The van der Waals surface area contributed by atoms with Crippen LogP contribution in [0.2, 0.25) is 0 Å². The molecular formula is C14H18FNO2. The number of ether oxygens (including phenoxy) is 1. The maximum atomic E-state index is 13.8. The quantitative estimate of drug-likeness (QED) is 0.773. The van der Waals surface area contributed by atoms with E-state index in [4.69, 9.17) is 4.74 Å². The minimum absolute atomic E-state index is 0.0684. The Morgan fingerprint density at radius 1 is 1.39 bits per heavy atom. The second-order valence-corrected chi connectivity index (χ2v) is 4.82. The number of piperidine rings is 1. The molecule has 0 aromatic heterocycles. The summed E-state index contributed by atoms with van der Waals surface area (Å²) in [5.74, 6) is -0.351. The summed E-state index contributed by atoms with van der Waals surface area (Å²) < 4.78 is 19.4. The number of nitrogens with zero attached hydrogens (tertiary/aromatic N) is 1. The maximum absolute atomic E-state index is 13.8. The zero-order valence-electron chi connectivity index (χ0n) is 10.8. The van der Waals surface area contributed by atoms with Gasteiger partial charge in [0, 0.05) is 18.7 Å². The minimum atomic E-state index is -0.457. The van der Waals surface area contributed by atoms with Gasteiger partial charge >= 0.3 is 0 Å². The number of carbonyl (C=O) groups is 1. The number of carbonyl (C=O) groups excluding carboxylic acids is 1. The van der Waals surface area contributed by atoms with Crippen LogP contribution in [0.15, 0.2) is 18.2 Å². The molecule has 0 amide bonds. The fraction of sp³-hybridized carbons (Fsp3) is 0.500. The van der Waals surface area contributed by atoms with Gasteiger partial charge in [-0.25, -0.2) is 4.39 Å². The molecule has 1 heterocycles. The van der Waals surface area contributed by atoms with Crippen LogP contribution >= 0.6 is 0 Å². The van der Waals surface area contributed by atoms with Gasteiger partial charge in [0.15, 0.2) is 17.3 Å². The monoisotopic (exact) mass is 251 g/mol. The molecule has 4 heteroatoms. The van der Waals surface area contributed by atoms with Crippen molar-refractivity contribution in [1.29, 1.82) is 0 Å². The molecule has 1 aliphatic heterocycles. The van der Waals surface area contributed by atoms with Crippen molar-refractivity contribution >= 4 is 5.78 Å². The van der Waals surface area contributed by atoms with E-state index in [0.29, 0.717) is 5.56 Å². The third-order valence-electron chi connectivity index (χ3n) is 3.30. The number of hydrogen-bond donors (Lipinski definition) is 0. The van der Waals surface area contributed by atoms with Crippen LogP contribution in [-0.4, -0.2) is 36.9 Å². The zero-order valence-corrected chi connectivity index (χ0v) is 10.8. The van der Waals surface area contributed by atoms with E-state index in [1.807, 2.05) is 0 Å². The van der Waals surface area contributed by atoms with Gasteiger partial charge in [0.2, 0.25) is 0 Å². The van der Waals surface area contributed by atoms with Gasteiger partial charge in [0.25, 0.3) is 0 Å².